The molecule has 1 N–H and O–H groups in total. The van der Waals surface area contributed by atoms with Crippen molar-refractivity contribution >= 4 is 10.0 Å². The molecule has 1 aromatic heterocycles. The lowest BCUT2D eigenvalue weighted by molar-refractivity contribution is 0.304. The number of aromatic nitrogens is 2. The highest BCUT2D eigenvalue weighted by Gasteiger charge is 2.25. The summed E-state index contributed by atoms with van der Waals surface area (Å²) in [5.74, 6) is 0.287. The molecule has 0 aliphatic rings. The van der Waals surface area contributed by atoms with Gasteiger partial charge >= 0.3 is 0 Å². The van der Waals surface area contributed by atoms with E-state index in [-0.39, 0.29) is 17.5 Å². The summed E-state index contributed by atoms with van der Waals surface area (Å²) in [7, 11) is -3.55. The van der Waals surface area contributed by atoms with Crippen LogP contribution in [-0.2, 0) is 22.9 Å². The molecule has 9 heteroatoms. The van der Waals surface area contributed by atoms with Gasteiger partial charge in [-0.15, -0.1) is 0 Å². The maximum atomic E-state index is 13.5. The molecule has 0 spiro atoms. The second-order valence-electron chi connectivity index (χ2n) is 8.25. The van der Waals surface area contributed by atoms with Gasteiger partial charge in [0, 0.05) is 6.42 Å². The van der Waals surface area contributed by atoms with Gasteiger partial charge in [-0.3, -0.25) is 0 Å². The fraction of sp³-hybridized carbons (Fsp3) is 0.440. The van der Waals surface area contributed by atoms with E-state index in [4.69, 9.17) is 4.52 Å². The lowest BCUT2D eigenvalue weighted by Crippen LogP contribution is -2.33. The number of aryl methyl sites for hydroxylation is 1. The van der Waals surface area contributed by atoms with Crippen LogP contribution < -0.4 is 4.72 Å². The Balaban J connectivity index is 1.71. The van der Waals surface area contributed by atoms with E-state index in [0.717, 1.165) is 25.2 Å². The minimum atomic E-state index is -3.55. The fourth-order valence-corrected chi connectivity index (χ4v) is 5.07. The highest BCUT2D eigenvalue weighted by atomic mass is 32.2. The van der Waals surface area contributed by atoms with Gasteiger partial charge in [-0.2, -0.15) is 4.98 Å². The Bertz CT molecular complexity index is 1120. The van der Waals surface area contributed by atoms with Gasteiger partial charge in [0.25, 0.3) is 0 Å². The van der Waals surface area contributed by atoms with E-state index in [1.54, 1.807) is 12.1 Å². The Hall–Kier alpha value is -2.62. The molecule has 0 radical (unpaired) electrons. The smallest absolute Gasteiger partial charge is 0.244 e. The van der Waals surface area contributed by atoms with Crippen LogP contribution in [0.1, 0.15) is 55.6 Å². The zero-order chi connectivity index (χ0) is 24.4. The van der Waals surface area contributed by atoms with Crippen LogP contribution in [0.2, 0.25) is 0 Å². The predicted molar refractivity (Wildman–Crippen MR) is 130 cm³/mol. The Morgan fingerprint density at radius 2 is 1.79 bits per heavy atom. The Morgan fingerprint density at radius 1 is 1.06 bits per heavy atom. The second-order valence-corrected chi connectivity index (χ2v) is 10.1. The second kappa shape index (κ2) is 12.7. The highest BCUT2D eigenvalue weighted by molar-refractivity contribution is 7.89. The van der Waals surface area contributed by atoms with E-state index in [0.29, 0.717) is 37.1 Å². The SMILES string of the molecule is CCN(CC)CCCS(=O)(=O)N[C@H](CCc1ccccc1)c1nc(Cc2cccc(F)c2)no1. The van der Waals surface area contributed by atoms with Gasteiger partial charge in [0.15, 0.2) is 5.82 Å². The van der Waals surface area contributed by atoms with Crippen molar-refractivity contribution in [1.29, 1.82) is 0 Å². The summed E-state index contributed by atoms with van der Waals surface area (Å²) in [6, 6.07) is 15.4. The van der Waals surface area contributed by atoms with Gasteiger partial charge in [0.1, 0.15) is 11.9 Å². The molecule has 1 heterocycles. The first-order valence-electron chi connectivity index (χ1n) is 11.7. The molecule has 0 fully saturated rings. The normalized spacial score (nSPS) is 12.8. The van der Waals surface area contributed by atoms with Crippen LogP contribution in [0.15, 0.2) is 59.1 Å². The molecule has 34 heavy (non-hydrogen) atoms. The van der Waals surface area contributed by atoms with Crippen LogP contribution in [0.3, 0.4) is 0 Å². The third kappa shape index (κ3) is 8.30. The summed E-state index contributed by atoms with van der Waals surface area (Å²) in [6.07, 6.45) is 1.95. The summed E-state index contributed by atoms with van der Waals surface area (Å²) < 4.78 is 47.4. The number of sulfonamides is 1. The van der Waals surface area contributed by atoms with Crippen molar-refractivity contribution in [2.24, 2.45) is 0 Å². The lowest BCUT2D eigenvalue weighted by atomic mass is 10.1. The molecule has 7 nitrogen and oxygen atoms in total. The fourth-order valence-electron chi connectivity index (χ4n) is 3.79. The number of hydrogen-bond donors (Lipinski definition) is 1. The van der Waals surface area contributed by atoms with Crippen molar-refractivity contribution < 1.29 is 17.3 Å². The quantitative estimate of drug-likeness (QED) is 0.367. The standard InChI is InChI=1S/C25H33FN4O3S/c1-3-30(4-2)16-9-17-34(31,32)29-23(15-14-20-10-6-5-7-11-20)25-27-24(28-33-25)19-21-12-8-13-22(26)18-21/h5-8,10-13,18,23,29H,3-4,9,14-17,19H2,1-2H3/t23-/m1/s1. The number of nitrogens with zero attached hydrogens (tertiary/aromatic N) is 3. The third-order valence-electron chi connectivity index (χ3n) is 5.70. The summed E-state index contributed by atoms with van der Waals surface area (Å²) in [4.78, 5) is 6.63. The molecule has 0 saturated heterocycles. The number of nitrogens with one attached hydrogen (secondary N) is 1. The van der Waals surface area contributed by atoms with E-state index in [1.165, 1.54) is 12.1 Å². The molecule has 0 bridgehead atoms. The van der Waals surface area contributed by atoms with Crippen molar-refractivity contribution in [2.75, 3.05) is 25.4 Å². The zero-order valence-corrected chi connectivity index (χ0v) is 20.6. The molecule has 0 saturated carbocycles. The molecule has 3 rings (SSSR count). The lowest BCUT2D eigenvalue weighted by Gasteiger charge is -2.19. The summed E-state index contributed by atoms with van der Waals surface area (Å²) >= 11 is 0. The first kappa shape index (κ1) is 26.0. The van der Waals surface area contributed by atoms with Gasteiger partial charge < -0.3 is 9.42 Å². The van der Waals surface area contributed by atoms with E-state index >= 15 is 0 Å². The number of halogens is 1. The minimum absolute atomic E-state index is 0.0234. The molecule has 0 unspecified atom stereocenters. The maximum absolute atomic E-state index is 13.5. The number of hydrogen-bond acceptors (Lipinski definition) is 6. The third-order valence-corrected chi connectivity index (χ3v) is 7.17. The number of benzene rings is 2. The van der Waals surface area contributed by atoms with Crippen LogP contribution in [0, 0.1) is 5.82 Å². The first-order chi connectivity index (χ1) is 16.4. The van der Waals surface area contributed by atoms with Gasteiger partial charge in [0.05, 0.1) is 5.75 Å². The van der Waals surface area contributed by atoms with Crippen LogP contribution in [0.25, 0.3) is 0 Å². The molecule has 1 atom stereocenters. The van der Waals surface area contributed by atoms with Gasteiger partial charge in [0.2, 0.25) is 15.9 Å². The predicted octanol–water partition coefficient (Wildman–Crippen LogP) is 4.12. The van der Waals surface area contributed by atoms with Crippen LogP contribution in [-0.4, -0.2) is 48.8 Å². The van der Waals surface area contributed by atoms with Gasteiger partial charge in [-0.05, 0) is 62.2 Å². The van der Waals surface area contributed by atoms with Crippen molar-refractivity contribution in [3.05, 3.63) is 83.3 Å². The Kier molecular flexibility index (Phi) is 9.74. The largest absolute Gasteiger partial charge is 0.338 e. The monoisotopic (exact) mass is 488 g/mol. The molecule has 0 amide bonds. The van der Waals surface area contributed by atoms with E-state index < -0.39 is 16.1 Å². The van der Waals surface area contributed by atoms with Crippen LogP contribution in [0.4, 0.5) is 4.39 Å². The molecule has 2 aromatic carbocycles. The van der Waals surface area contributed by atoms with E-state index in [1.807, 2.05) is 30.3 Å². The molecule has 184 valence electrons. The zero-order valence-electron chi connectivity index (χ0n) is 19.8. The summed E-state index contributed by atoms with van der Waals surface area (Å²) in [6.45, 7) is 6.63. The average Bonchev–Trinajstić information content (AvgIpc) is 3.28. The molecular weight excluding hydrogens is 455 g/mol. The topological polar surface area (TPSA) is 88.3 Å². The van der Waals surface area contributed by atoms with Crippen molar-refractivity contribution in [2.45, 2.75) is 45.6 Å². The Labute approximate surface area is 201 Å². The van der Waals surface area contributed by atoms with Gasteiger partial charge in [-0.25, -0.2) is 17.5 Å². The molecule has 0 aliphatic carbocycles. The molecule has 0 aliphatic heterocycles. The minimum Gasteiger partial charge on any atom is -0.338 e. The van der Waals surface area contributed by atoms with Crippen molar-refractivity contribution in [3.63, 3.8) is 0 Å². The van der Waals surface area contributed by atoms with E-state index in [2.05, 4.69) is 33.6 Å². The van der Waals surface area contributed by atoms with Crippen molar-refractivity contribution in [1.82, 2.24) is 19.8 Å². The van der Waals surface area contributed by atoms with Crippen LogP contribution >= 0.6 is 0 Å². The summed E-state index contributed by atoms with van der Waals surface area (Å²) in [5, 5.41) is 4.00. The maximum Gasteiger partial charge on any atom is 0.244 e. The first-order valence-corrected chi connectivity index (χ1v) is 13.4. The van der Waals surface area contributed by atoms with Gasteiger partial charge in [-0.1, -0.05) is 61.5 Å². The van der Waals surface area contributed by atoms with Crippen molar-refractivity contribution in [3.8, 4) is 0 Å². The highest BCUT2D eigenvalue weighted by Crippen LogP contribution is 2.20. The Morgan fingerprint density at radius 3 is 2.50 bits per heavy atom. The van der Waals surface area contributed by atoms with Crippen LogP contribution in [0.5, 0.6) is 0 Å². The summed E-state index contributed by atoms with van der Waals surface area (Å²) in [5.41, 5.74) is 1.80. The molecule has 3 aromatic rings. The average molecular weight is 489 g/mol. The molecular formula is C25H33FN4O3S. The van der Waals surface area contributed by atoms with E-state index in [9.17, 15) is 12.8 Å². The number of rotatable bonds is 14.